The third-order valence-corrected chi connectivity index (χ3v) is 4.66. The lowest BCUT2D eigenvalue weighted by Gasteiger charge is -2.20. The number of ether oxygens (including phenoxy) is 1. The van der Waals surface area contributed by atoms with Crippen molar-refractivity contribution in [3.63, 3.8) is 0 Å². The summed E-state index contributed by atoms with van der Waals surface area (Å²) in [6.45, 7) is 6.02. The monoisotopic (exact) mass is 421 g/mol. The molecule has 6 nitrogen and oxygen atoms in total. The predicted octanol–water partition coefficient (Wildman–Crippen LogP) is 4.54. The SMILES string of the molecule is CC(C)Cc1cc(CN2C(=O)N(c3ccc(OC(F)(F)F)cc3)C(=O)C2C)ccn1. The van der Waals surface area contributed by atoms with Crippen LogP contribution >= 0.6 is 0 Å². The molecule has 0 saturated carbocycles. The fourth-order valence-corrected chi connectivity index (χ4v) is 3.30. The van der Waals surface area contributed by atoms with Gasteiger partial charge in [0.25, 0.3) is 5.91 Å². The molecule has 1 fully saturated rings. The number of benzene rings is 1. The molecule has 0 radical (unpaired) electrons. The Morgan fingerprint density at radius 3 is 2.40 bits per heavy atom. The number of anilines is 1. The maximum absolute atomic E-state index is 12.9. The van der Waals surface area contributed by atoms with Crippen molar-refractivity contribution in [1.29, 1.82) is 0 Å². The molecule has 0 aliphatic carbocycles. The molecule has 3 rings (SSSR count). The zero-order valence-electron chi connectivity index (χ0n) is 16.8. The first-order valence-corrected chi connectivity index (χ1v) is 9.49. The summed E-state index contributed by atoms with van der Waals surface area (Å²) in [5.74, 6) is -0.438. The van der Waals surface area contributed by atoms with E-state index in [-0.39, 0.29) is 12.2 Å². The second-order valence-electron chi connectivity index (χ2n) is 7.56. The van der Waals surface area contributed by atoms with Gasteiger partial charge in [0.05, 0.1) is 5.69 Å². The van der Waals surface area contributed by atoms with Crippen molar-refractivity contribution >= 4 is 17.6 Å². The minimum absolute atomic E-state index is 0.184. The first kappa shape index (κ1) is 21.6. The van der Waals surface area contributed by atoms with Gasteiger partial charge < -0.3 is 9.64 Å². The lowest BCUT2D eigenvalue weighted by molar-refractivity contribution is -0.274. The average molecular weight is 421 g/mol. The molecular weight excluding hydrogens is 399 g/mol. The van der Waals surface area contributed by atoms with Crippen LogP contribution in [0.3, 0.4) is 0 Å². The summed E-state index contributed by atoms with van der Waals surface area (Å²) in [6.07, 6.45) is -2.34. The lowest BCUT2D eigenvalue weighted by Crippen LogP contribution is -2.33. The maximum atomic E-state index is 12.9. The van der Waals surface area contributed by atoms with E-state index in [9.17, 15) is 22.8 Å². The zero-order valence-corrected chi connectivity index (χ0v) is 16.8. The number of urea groups is 1. The molecule has 0 spiro atoms. The van der Waals surface area contributed by atoms with E-state index in [4.69, 9.17) is 0 Å². The molecule has 1 saturated heterocycles. The fraction of sp³-hybridized carbons (Fsp3) is 0.381. The van der Waals surface area contributed by atoms with Crippen molar-refractivity contribution in [3.8, 4) is 5.75 Å². The molecule has 0 N–H and O–H groups in total. The minimum Gasteiger partial charge on any atom is -0.406 e. The Labute approximate surface area is 172 Å². The third kappa shape index (κ3) is 4.90. The maximum Gasteiger partial charge on any atom is 0.573 e. The van der Waals surface area contributed by atoms with Crippen molar-refractivity contribution < 1.29 is 27.5 Å². The fourth-order valence-electron chi connectivity index (χ4n) is 3.30. The molecule has 1 aliphatic rings. The third-order valence-electron chi connectivity index (χ3n) is 4.66. The van der Waals surface area contributed by atoms with Crippen molar-refractivity contribution in [1.82, 2.24) is 9.88 Å². The summed E-state index contributed by atoms with van der Waals surface area (Å²) in [6, 6.07) is 7.11. The van der Waals surface area contributed by atoms with Crippen LogP contribution in [0.4, 0.5) is 23.7 Å². The molecule has 0 bridgehead atoms. The summed E-state index contributed by atoms with van der Waals surface area (Å²) in [7, 11) is 0. The molecule has 1 aromatic carbocycles. The highest BCUT2D eigenvalue weighted by molar-refractivity contribution is 6.21. The van der Waals surface area contributed by atoms with Crippen LogP contribution < -0.4 is 9.64 Å². The van der Waals surface area contributed by atoms with Gasteiger partial charge in [0.1, 0.15) is 11.8 Å². The van der Waals surface area contributed by atoms with Gasteiger partial charge in [-0.1, -0.05) is 13.8 Å². The molecule has 1 atom stereocenters. The van der Waals surface area contributed by atoms with E-state index in [0.29, 0.717) is 5.92 Å². The average Bonchev–Trinajstić information content (AvgIpc) is 2.85. The number of pyridine rings is 1. The number of carbonyl (C=O) groups is 2. The van der Waals surface area contributed by atoms with Gasteiger partial charge in [0.2, 0.25) is 0 Å². The predicted molar refractivity (Wildman–Crippen MR) is 104 cm³/mol. The standard InChI is InChI=1S/C21H22F3N3O3/c1-13(2)10-16-11-15(8-9-25-16)12-26-14(3)19(28)27(20(26)29)17-4-6-18(7-5-17)30-21(22,23)24/h4-9,11,13-14H,10,12H2,1-3H3. The number of hydrogen-bond acceptors (Lipinski definition) is 4. The number of hydrogen-bond donors (Lipinski definition) is 0. The lowest BCUT2D eigenvalue weighted by atomic mass is 10.1. The minimum atomic E-state index is -4.81. The molecule has 1 unspecified atom stereocenters. The number of imide groups is 1. The Bertz CT molecular complexity index is 929. The van der Waals surface area contributed by atoms with Gasteiger partial charge in [0.15, 0.2) is 0 Å². The Kier molecular flexibility index (Phi) is 6.00. The van der Waals surface area contributed by atoms with E-state index in [1.54, 1.807) is 19.2 Å². The first-order chi connectivity index (χ1) is 14.0. The summed E-state index contributed by atoms with van der Waals surface area (Å²) in [5, 5.41) is 0. The Balaban J connectivity index is 1.77. The summed E-state index contributed by atoms with van der Waals surface area (Å²) in [5.41, 5.74) is 1.94. The van der Waals surface area contributed by atoms with Gasteiger partial charge in [-0.05, 0) is 61.2 Å². The molecule has 1 aliphatic heterocycles. The van der Waals surface area contributed by atoms with Crippen LogP contribution in [-0.4, -0.2) is 34.2 Å². The second-order valence-corrected chi connectivity index (χ2v) is 7.56. The number of amides is 3. The highest BCUT2D eigenvalue weighted by Gasteiger charge is 2.43. The zero-order chi connectivity index (χ0) is 22.1. The van der Waals surface area contributed by atoms with Crippen LogP contribution in [0.2, 0.25) is 0 Å². The molecule has 30 heavy (non-hydrogen) atoms. The highest BCUT2D eigenvalue weighted by atomic mass is 19.4. The van der Waals surface area contributed by atoms with E-state index < -0.39 is 30.1 Å². The largest absolute Gasteiger partial charge is 0.573 e. The number of alkyl halides is 3. The molecule has 1 aromatic heterocycles. The quantitative estimate of drug-likeness (QED) is 0.643. The van der Waals surface area contributed by atoms with Gasteiger partial charge in [-0.2, -0.15) is 0 Å². The molecular formula is C21H22F3N3O3. The van der Waals surface area contributed by atoms with Gasteiger partial charge in [-0.3, -0.25) is 9.78 Å². The van der Waals surface area contributed by atoms with E-state index >= 15 is 0 Å². The molecule has 9 heteroatoms. The number of halogens is 3. The van der Waals surface area contributed by atoms with Gasteiger partial charge in [-0.25, -0.2) is 9.69 Å². The smallest absolute Gasteiger partial charge is 0.406 e. The van der Waals surface area contributed by atoms with Crippen LogP contribution in [0.25, 0.3) is 0 Å². The Morgan fingerprint density at radius 1 is 1.13 bits per heavy atom. The van der Waals surface area contributed by atoms with Crippen molar-refractivity contribution in [2.45, 2.75) is 46.1 Å². The van der Waals surface area contributed by atoms with E-state index in [1.807, 2.05) is 6.07 Å². The van der Waals surface area contributed by atoms with Crippen LogP contribution in [0.5, 0.6) is 5.75 Å². The number of carbonyl (C=O) groups excluding carboxylic acids is 2. The second kappa shape index (κ2) is 8.33. The molecule has 2 heterocycles. The van der Waals surface area contributed by atoms with Crippen molar-refractivity contribution in [2.24, 2.45) is 5.92 Å². The molecule has 160 valence electrons. The highest BCUT2D eigenvalue weighted by Crippen LogP contribution is 2.30. The van der Waals surface area contributed by atoms with Crippen molar-refractivity contribution in [3.05, 3.63) is 53.9 Å². The van der Waals surface area contributed by atoms with Gasteiger partial charge >= 0.3 is 12.4 Å². The van der Waals surface area contributed by atoms with E-state index in [1.165, 1.54) is 17.0 Å². The normalized spacial score (nSPS) is 17.2. The van der Waals surface area contributed by atoms with Crippen molar-refractivity contribution in [2.75, 3.05) is 4.90 Å². The number of aromatic nitrogens is 1. The number of nitrogens with zero attached hydrogens (tertiary/aromatic N) is 3. The Morgan fingerprint density at radius 2 is 1.80 bits per heavy atom. The van der Waals surface area contributed by atoms with Gasteiger partial charge in [-0.15, -0.1) is 13.2 Å². The van der Waals surface area contributed by atoms with Crippen LogP contribution in [0.1, 0.15) is 32.0 Å². The van der Waals surface area contributed by atoms with Crippen LogP contribution in [0, 0.1) is 5.92 Å². The van der Waals surface area contributed by atoms with Crippen LogP contribution in [-0.2, 0) is 17.8 Å². The van der Waals surface area contributed by atoms with Gasteiger partial charge in [0, 0.05) is 18.4 Å². The molecule has 3 amide bonds. The Hall–Kier alpha value is -3.10. The summed E-state index contributed by atoms with van der Waals surface area (Å²) in [4.78, 5) is 32.3. The first-order valence-electron chi connectivity index (χ1n) is 9.49. The van der Waals surface area contributed by atoms with E-state index in [2.05, 4.69) is 23.6 Å². The van der Waals surface area contributed by atoms with E-state index in [0.717, 1.165) is 34.7 Å². The molecule has 2 aromatic rings. The topological polar surface area (TPSA) is 62.7 Å². The number of rotatable bonds is 6. The summed E-state index contributed by atoms with van der Waals surface area (Å²) < 4.78 is 40.8. The van der Waals surface area contributed by atoms with Crippen LogP contribution in [0.15, 0.2) is 42.6 Å². The summed E-state index contributed by atoms with van der Waals surface area (Å²) >= 11 is 0.